The van der Waals surface area contributed by atoms with Crippen molar-refractivity contribution in [2.45, 2.75) is 64.6 Å². The maximum Gasteiger partial charge on any atom is 0.410 e. The molecule has 25 heavy (non-hydrogen) atoms. The van der Waals surface area contributed by atoms with Gasteiger partial charge in [0, 0.05) is 23.1 Å². The molecule has 0 saturated carbocycles. The predicted octanol–water partition coefficient (Wildman–Crippen LogP) is 6.35. The van der Waals surface area contributed by atoms with E-state index in [0.29, 0.717) is 10.0 Å². The standard InChI is InChI=1S/C18H25BrCl2N2O2/c1-11(22-16-14(20)9-12(19)10-15(16)21)8-13-6-5-7-23(13)17(24)25-18(2,3)4/h9-11,13,22H,5-8H2,1-4H3. The van der Waals surface area contributed by atoms with Gasteiger partial charge in [0.1, 0.15) is 5.60 Å². The van der Waals surface area contributed by atoms with Crippen LogP contribution in [0.15, 0.2) is 16.6 Å². The molecule has 1 aromatic rings. The van der Waals surface area contributed by atoms with Crippen LogP contribution in [-0.2, 0) is 4.74 Å². The molecule has 4 nitrogen and oxygen atoms in total. The first kappa shape index (κ1) is 20.7. The molecule has 2 unspecified atom stereocenters. The third-order valence-electron chi connectivity index (χ3n) is 4.03. The fourth-order valence-electron chi connectivity index (χ4n) is 3.04. The van der Waals surface area contributed by atoms with Crippen LogP contribution >= 0.6 is 39.1 Å². The Hall–Kier alpha value is -0.650. The van der Waals surface area contributed by atoms with Crippen LogP contribution in [-0.4, -0.2) is 35.2 Å². The van der Waals surface area contributed by atoms with Gasteiger partial charge in [-0.1, -0.05) is 39.1 Å². The Morgan fingerprint density at radius 1 is 1.40 bits per heavy atom. The Bertz CT molecular complexity index is 611. The first-order valence-corrected chi connectivity index (χ1v) is 10.0. The Balaban J connectivity index is 2.00. The van der Waals surface area contributed by atoms with Gasteiger partial charge in [0.15, 0.2) is 0 Å². The quantitative estimate of drug-likeness (QED) is 0.580. The van der Waals surface area contributed by atoms with Gasteiger partial charge in [-0.2, -0.15) is 0 Å². The van der Waals surface area contributed by atoms with E-state index < -0.39 is 5.60 Å². The van der Waals surface area contributed by atoms with Gasteiger partial charge >= 0.3 is 6.09 Å². The second-order valence-electron chi connectivity index (χ2n) is 7.50. The minimum absolute atomic E-state index is 0.115. The summed E-state index contributed by atoms with van der Waals surface area (Å²) < 4.78 is 6.36. The van der Waals surface area contributed by atoms with E-state index in [-0.39, 0.29) is 18.2 Å². The largest absolute Gasteiger partial charge is 0.444 e. The van der Waals surface area contributed by atoms with Crippen molar-refractivity contribution < 1.29 is 9.53 Å². The van der Waals surface area contributed by atoms with Crippen LogP contribution in [0.1, 0.15) is 47.0 Å². The van der Waals surface area contributed by atoms with Crippen LogP contribution in [0.3, 0.4) is 0 Å². The lowest BCUT2D eigenvalue weighted by molar-refractivity contribution is 0.0218. The highest BCUT2D eigenvalue weighted by atomic mass is 79.9. The van der Waals surface area contributed by atoms with E-state index in [0.717, 1.165) is 36.0 Å². The average Bonchev–Trinajstić information content (AvgIpc) is 2.89. The second-order valence-corrected chi connectivity index (χ2v) is 9.23. The lowest BCUT2D eigenvalue weighted by atomic mass is 10.1. The van der Waals surface area contributed by atoms with Crippen LogP contribution in [0.2, 0.25) is 10.0 Å². The van der Waals surface area contributed by atoms with E-state index in [2.05, 4.69) is 28.2 Å². The number of nitrogens with one attached hydrogen (secondary N) is 1. The van der Waals surface area contributed by atoms with Crippen LogP contribution in [0.5, 0.6) is 0 Å². The van der Waals surface area contributed by atoms with Crippen molar-refractivity contribution in [2.75, 3.05) is 11.9 Å². The summed E-state index contributed by atoms with van der Waals surface area (Å²) in [7, 11) is 0. The maximum absolute atomic E-state index is 12.4. The summed E-state index contributed by atoms with van der Waals surface area (Å²) in [6.07, 6.45) is 2.55. The number of nitrogens with zero attached hydrogens (tertiary/aromatic N) is 1. The van der Waals surface area contributed by atoms with Crippen LogP contribution in [0.25, 0.3) is 0 Å². The summed E-state index contributed by atoms with van der Waals surface area (Å²) in [5, 5.41) is 4.52. The van der Waals surface area contributed by atoms with Crippen LogP contribution in [0.4, 0.5) is 10.5 Å². The van der Waals surface area contributed by atoms with Crippen molar-refractivity contribution in [1.82, 2.24) is 4.90 Å². The Kier molecular flexibility index (Phi) is 6.91. The molecule has 0 spiro atoms. The summed E-state index contributed by atoms with van der Waals surface area (Å²) in [4.78, 5) is 14.2. The highest BCUT2D eigenvalue weighted by molar-refractivity contribution is 9.10. The van der Waals surface area contributed by atoms with Crippen LogP contribution in [0, 0.1) is 0 Å². The summed E-state index contributed by atoms with van der Waals surface area (Å²) >= 11 is 15.9. The van der Waals surface area contributed by atoms with E-state index in [1.165, 1.54) is 0 Å². The first-order valence-electron chi connectivity index (χ1n) is 8.47. The Morgan fingerprint density at radius 2 is 2.00 bits per heavy atom. The van der Waals surface area contributed by atoms with Crippen molar-refractivity contribution in [1.29, 1.82) is 0 Å². The molecular weight excluding hydrogens is 427 g/mol. The summed E-state index contributed by atoms with van der Waals surface area (Å²) in [6, 6.07) is 3.89. The fraction of sp³-hybridized carbons (Fsp3) is 0.611. The summed E-state index contributed by atoms with van der Waals surface area (Å²) in [5.74, 6) is 0. The zero-order valence-electron chi connectivity index (χ0n) is 15.0. The molecule has 0 radical (unpaired) electrons. The van der Waals surface area contributed by atoms with Gasteiger partial charge in [-0.3, -0.25) is 0 Å². The van der Waals surface area contributed by atoms with E-state index in [4.69, 9.17) is 27.9 Å². The molecule has 1 heterocycles. The maximum atomic E-state index is 12.4. The number of rotatable bonds is 4. The average molecular weight is 452 g/mol. The van der Waals surface area contributed by atoms with Gasteiger partial charge in [0.05, 0.1) is 15.7 Å². The van der Waals surface area contributed by atoms with Gasteiger partial charge in [-0.25, -0.2) is 4.79 Å². The smallest absolute Gasteiger partial charge is 0.410 e. The first-order chi connectivity index (χ1) is 11.6. The molecule has 1 aliphatic heterocycles. The summed E-state index contributed by atoms with van der Waals surface area (Å²) in [6.45, 7) is 8.47. The van der Waals surface area contributed by atoms with E-state index >= 15 is 0 Å². The number of anilines is 1. The third kappa shape index (κ3) is 5.93. The molecule has 140 valence electrons. The molecule has 2 rings (SSSR count). The van der Waals surface area contributed by atoms with Crippen molar-refractivity contribution in [3.63, 3.8) is 0 Å². The summed E-state index contributed by atoms with van der Waals surface area (Å²) in [5.41, 5.74) is 0.243. The molecule has 0 bridgehead atoms. The monoisotopic (exact) mass is 450 g/mol. The molecule has 1 aromatic carbocycles. The molecule has 0 aliphatic carbocycles. The highest BCUT2D eigenvalue weighted by Gasteiger charge is 2.33. The fourth-order valence-corrected chi connectivity index (χ4v) is 4.35. The Labute approximate surface area is 168 Å². The molecular formula is C18H25BrCl2N2O2. The molecule has 1 amide bonds. The van der Waals surface area contributed by atoms with Gasteiger partial charge < -0.3 is 15.0 Å². The topological polar surface area (TPSA) is 41.6 Å². The number of likely N-dealkylation sites (tertiary alicyclic amines) is 1. The molecule has 7 heteroatoms. The lowest BCUT2D eigenvalue weighted by Gasteiger charge is -2.30. The lowest BCUT2D eigenvalue weighted by Crippen LogP contribution is -2.41. The number of benzene rings is 1. The van der Waals surface area contributed by atoms with Crippen molar-refractivity contribution in [3.05, 3.63) is 26.7 Å². The third-order valence-corrected chi connectivity index (χ3v) is 5.08. The molecule has 0 aromatic heterocycles. The highest BCUT2D eigenvalue weighted by Crippen LogP contribution is 2.35. The van der Waals surface area contributed by atoms with E-state index in [9.17, 15) is 4.79 Å². The number of halogens is 3. The van der Waals surface area contributed by atoms with Crippen molar-refractivity contribution in [2.24, 2.45) is 0 Å². The normalized spacial score (nSPS) is 19.0. The van der Waals surface area contributed by atoms with Crippen LogP contribution < -0.4 is 5.32 Å². The molecule has 1 aliphatic rings. The predicted molar refractivity (Wildman–Crippen MR) is 108 cm³/mol. The molecule has 2 atom stereocenters. The minimum Gasteiger partial charge on any atom is -0.444 e. The SMILES string of the molecule is CC(CC1CCCN1C(=O)OC(C)(C)C)Nc1c(Cl)cc(Br)cc1Cl. The number of hydrogen-bond donors (Lipinski definition) is 1. The molecule has 1 N–H and O–H groups in total. The van der Waals surface area contributed by atoms with E-state index in [1.54, 1.807) is 0 Å². The van der Waals surface area contributed by atoms with E-state index in [1.807, 2.05) is 37.8 Å². The zero-order chi connectivity index (χ0) is 18.8. The molecule has 1 saturated heterocycles. The number of hydrogen-bond acceptors (Lipinski definition) is 3. The van der Waals surface area contributed by atoms with Crippen molar-refractivity contribution in [3.8, 4) is 0 Å². The minimum atomic E-state index is -0.480. The van der Waals surface area contributed by atoms with Crippen molar-refractivity contribution >= 4 is 50.9 Å². The Morgan fingerprint density at radius 3 is 2.56 bits per heavy atom. The number of carbonyl (C=O) groups is 1. The number of amides is 1. The van der Waals surface area contributed by atoms with Gasteiger partial charge in [-0.05, 0) is 59.1 Å². The van der Waals surface area contributed by atoms with Gasteiger partial charge in [0.2, 0.25) is 0 Å². The van der Waals surface area contributed by atoms with Gasteiger partial charge in [0.25, 0.3) is 0 Å². The van der Waals surface area contributed by atoms with Gasteiger partial charge in [-0.15, -0.1) is 0 Å². The second kappa shape index (κ2) is 8.36. The zero-order valence-corrected chi connectivity index (χ0v) is 18.1. The molecule has 1 fully saturated rings. The number of carbonyl (C=O) groups excluding carboxylic acids is 1. The number of ether oxygens (including phenoxy) is 1.